The van der Waals surface area contributed by atoms with Crippen LogP contribution in [0.5, 0.6) is 5.75 Å². The number of pyridine rings is 1. The molecule has 0 aliphatic carbocycles. The number of aromatic amines is 1. The summed E-state index contributed by atoms with van der Waals surface area (Å²) in [6.45, 7) is 0. The lowest BCUT2D eigenvalue weighted by atomic mass is 9.96. The minimum absolute atomic E-state index is 0.0662. The lowest BCUT2D eigenvalue weighted by molar-refractivity contribution is -0.143. The normalized spacial score (nSPS) is 11.9. The number of aromatic nitrogens is 3. The van der Waals surface area contributed by atoms with Crippen LogP contribution in [0.2, 0.25) is 5.02 Å². The number of amides is 2. The first kappa shape index (κ1) is 27.9. The predicted octanol–water partition coefficient (Wildman–Crippen LogP) is 2.74. The molecule has 4 aromatic rings. The Morgan fingerprint density at radius 2 is 1.82 bits per heavy atom. The number of H-pyrrole nitrogens is 1. The second-order valence-electron chi connectivity index (χ2n) is 8.28. The fourth-order valence-electron chi connectivity index (χ4n) is 3.76. The SMILES string of the molecule is COC(=O)[C@@H](Cc1nc2ccc(Cl)cc2[nH]c1=O)/C(=N\NC(=O)c1ccncc1)C(=O)Nc1ccccc1OC. The van der Waals surface area contributed by atoms with E-state index in [-0.39, 0.29) is 23.4 Å². The molecule has 0 spiro atoms. The van der Waals surface area contributed by atoms with Crippen LogP contribution < -0.4 is 21.0 Å². The third-order valence-corrected chi connectivity index (χ3v) is 5.98. The van der Waals surface area contributed by atoms with Crippen LogP contribution >= 0.6 is 11.6 Å². The number of hydrogen-bond acceptors (Lipinski definition) is 9. The van der Waals surface area contributed by atoms with Crippen LogP contribution in [0.3, 0.4) is 0 Å². The Morgan fingerprint density at radius 1 is 1.07 bits per heavy atom. The summed E-state index contributed by atoms with van der Waals surface area (Å²) in [4.78, 5) is 62.9. The molecule has 204 valence electrons. The van der Waals surface area contributed by atoms with E-state index in [4.69, 9.17) is 21.1 Å². The largest absolute Gasteiger partial charge is 0.495 e. The van der Waals surface area contributed by atoms with Gasteiger partial charge in [0.1, 0.15) is 23.1 Å². The summed E-state index contributed by atoms with van der Waals surface area (Å²) in [6, 6.07) is 14.2. The number of hydrazone groups is 1. The topological polar surface area (TPSA) is 165 Å². The number of halogens is 1. The lowest BCUT2D eigenvalue weighted by Crippen LogP contribution is -2.39. The zero-order chi connectivity index (χ0) is 28.6. The van der Waals surface area contributed by atoms with E-state index in [1.807, 2.05) is 0 Å². The van der Waals surface area contributed by atoms with Gasteiger partial charge in [-0.1, -0.05) is 23.7 Å². The molecule has 40 heavy (non-hydrogen) atoms. The summed E-state index contributed by atoms with van der Waals surface area (Å²) in [5, 5.41) is 7.04. The summed E-state index contributed by atoms with van der Waals surface area (Å²) in [5.41, 5.74) is 2.48. The molecular weight excluding hydrogens is 540 g/mol. The Labute approximate surface area is 232 Å². The van der Waals surface area contributed by atoms with Crippen molar-refractivity contribution >= 4 is 51.8 Å². The van der Waals surface area contributed by atoms with Crippen molar-refractivity contribution in [3.05, 3.63) is 93.6 Å². The summed E-state index contributed by atoms with van der Waals surface area (Å²) >= 11 is 6.01. The second kappa shape index (κ2) is 12.6. The number of esters is 1. The molecule has 3 N–H and O–H groups in total. The fourth-order valence-corrected chi connectivity index (χ4v) is 3.93. The molecule has 2 heterocycles. The molecule has 0 radical (unpaired) electrons. The van der Waals surface area contributed by atoms with Crippen molar-refractivity contribution in [1.29, 1.82) is 0 Å². The van der Waals surface area contributed by atoms with Crippen molar-refractivity contribution in [1.82, 2.24) is 20.4 Å². The van der Waals surface area contributed by atoms with Crippen LogP contribution in [-0.2, 0) is 20.7 Å². The van der Waals surface area contributed by atoms with Crippen LogP contribution in [0, 0.1) is 5.92 Å². The van der Waals surface area contributed by atoms with Crippen molar-refractivity contribution in [2.75, 3.05) is 19.5 Å². The van der Waals surface area contributed by atoms with Gasteiger partial charge in [-0.2, -0.15) is 5.10 Å². The van der Waals surface area contributed by atoms with E-state index in [1.165, 1.54) is 37.7 Å². The smallest absolute Gasteiger partial charge is 0.315 e. The summed E-state index contributed by atoms with van der Waals surface area (Å²) < 4.78 is 10.2. The molecule has 2 aromatic carbocycles. The van der Waals surface area contributed by atoms with Crippen molar-refractivity contribution in [2.24, 2.45) is 11.0 Å². The zero-order valence-electron chi connectivity index (χ0n) is 21.3. The number of anilines is 1. The third kappa shape index (κ3) is 6.48. The molecule has 0 aliphatic rings. The number of fused-ring (bicyclic) bond motifs is 1. The van der Waals surface area contributed by atoms with E-state index in [2.05, 4.69) is 30.8 Å². The van der Waals surface area contributed by atoms with Gasteiger partial charge in [0.05, 0.1) is 30.9 Å². The van der Waals surface area contributed by atoms with E-state index in [0.717, 1.165) is 7.11 Å². The quantitative estimate of drug-likeness (QED) is 0.159. The lowest BCUT2D eigenvalue weighted by Gasteiger charge is -2.18. The maximum absolute atomic E-state index is 13.5. The number of nitrogens with one attached hydrogen (secondary N) is 3. The molecule has 0 fully saturated rings. The van der Waals surface area contributed by atoms with E-state index in [9.17, 15) is 19.2 Å². The second-order valence-corrected chi connectivity index (χ2v) is 8.72. The zero-order valence-corrected chi connectivity index (χ0v) is 22.1. The predicted molar refractivity (Wildman–Crippen MR) is 147 cm³/mol. The fraction of sp³-hybridized carbons (Fsp3) is 0.148. The van der Waals surface area contributed by atoms with Gasteiger partial charge in [0, 0.05) is 29.4 Å². The average Bonchev–Trinajstić information content (AvgIpc) is 2.97. The van der Waals surface area contributed by atoms with Crippen molar-refractivity contribution in [3.8, 4) is 5.75 Å². The number of hydrogen-bond donors (Lipinski definition) is 3. The van der Waals surface area contributed by atoms with Gasteiger partial charge in [-0.3, -0.25) is 24.2 Å². The minimum Gasteiger partial charge on any atom is -0.495 e. The molecule has 2 amide bonds. The number of methoxy groups -OCH3 is 2. The number of ether oxygens (including phenoxy) is 2. The standard InChI is InChI=1S/C27H23ClN6O6/c1-39-22-6-4-3-5-19(22)31-26(37)23(33-34-24(35)15-9-11-29-12-10-15)17(27(38)40-2)14-21-25(36)32-20-13-16(28)7-8-18(20)30-21/h3-13,17H,14H2,1-2H3,(H,31,37)(H,32,36)(H,34,35)/b33-23+/t17-/m0/s1. The van der Waals surface area contributed by atoms with Gasteiger partial charge in [-0.25, -0.2) is 10.4 Å². The minimum atomic E-state index is -1.43. The monoisotopic (exact) mass is 562 g/mol. The van der Waals surface area contributed by atoms with E-state index >= 15 is 0 Å². The van der Waals surface area contributed by atoms with E-state index in [1.54, 1.807) is 36.4 Å². The Kier molecular flexibility index (Phi) is 8.82. The summed E-state index contributed by atoms with van der Waals surface area (Å²) in [6.07, 6.45) is 2.45. The summed E-state index contributed by atoms with van der Waals surface area (Å²) in [7, 11) is 2.55. The van der Waals surface area contributed by atoms with Crippen molar-refractivity contribution < 1.29 is 23.9 Å². The van der Waals surface area contributed by atoms with Gasteiger partial charge in [-0.15, -0.1) is 0 Å². The van der Waals surface area contributed by atoms with Gasteiger partial charge in [0.2, 0.25) is 0 Å². The number of carbonyl (C=O) groups is 3. The highest BCUT2D eigenvalue weighted by atomic mass is 35.5. The first-order valence-corrected chi connectivity index (χ1v) is 12.2. The molecule has 0 unspecified atom stereocenters. The summed E-state index contributed by atoms with van der Waals surface area (Å²) in [5.74, 6) is -3.48. The highest BCUT2D eigenvalue weighted by Crippen LogP contribution is 2.24. The number of carbonyl (C=O) groups excluding carboxylic acids is 3. The van der Waals surface area contributed by atoms with Gasteiger partial charge in [0.15, 0.2) is 0 Å². The average molecular weight is 563 g/mol. The first-order valence-electron chi connectivity index (χ1n) is 11.8. The molecule has 0 aliphatic heterocycles. The van der Waals surface area contributed by atoms with Crippen LogP contribution in [0.1, 0.15) is 16.1 Å². The molecule has 12 nitrogen and oxygen atoms in total. The van der Waals surface area contributed by atoms with Crippen molar-refractivity contribution in [2.45, 2.75) is 6.42 Å². The van der Waals surface area contributed by atoms with E-state index < -0.39 is 35.0 Å². The number of rotatable bonds is 9. The highest BCUT2D eigenvalue weighted by molar-refractivity contribution is 6.46. The molecule has 1 atom stereocenters. The van der Waals surface area contributed by atoms with Gasteiger partial charge >= 0.3 is 5.97 Å². The van der Waals surface area contributed by atoms with Crippen LogP contribution in [0.15, 0.2) is 76.9 Å². The van der Waals surface area contributed by atoms with Gasteiger partial charge < -0.3 is 19.8 Å². The molecule has 2 aromatic heterocycles. The van der Waals surface area contributed by atoms with E-state index in [0.29, 0.717) is 21.8 Å². The maximum Gasteiger partial charge on any atom is 0.315 e. The Balaban J connectivity index is 1.75. The number of benzene rings is 2. The first-order chi connectivity index (χ1) is 19.3. The number of nitrogens with zero attached hydrogens (tertiary/aromatic N) is 3. The third-order valence-electron chi connectivity index (χ3n) is 5.75. The molecule has 0 saturated heterocycles. The molecular formula is C27H23ClN6O6. The van der Waals surface area contributed by atoms with Gasteiger partial charge in [0.25, 0.3) is 17.4 Å². The van der Waals surface area contributed by atoms with Gasteiger partial charge in [-0.05, 0) is 42.5 Å². The molecule has 0 bridgehead atoms. The Morgan fingerprint density at radius 3 is 2.55 bits per heavy atom. The van der Waals surface area contributed by atoms with Crippen LogP contribution in [0.4, 0.5) is 5.69 Å². The highest BCUT2D eigenvalue weighted by Gasteiger charge is 2.33. The Bertz CT molecular complexity index is 1660. The molecule has 0 saturated carbocycles. The van der Waals surface area contributed by atoms with Crippen LogP contribution in [0.25, 0.3) is 11.0 Å². The van der Waals surface area contributed by atoms with Crippen LogP contribution in [-0.4, -0.2) is 52.7 Å². The van der Waals surface area contributed by atoms with Crippen molar-refractivity contribution in [3.63, 3.8) is 0 Å². The number of para-hydroxylation sites is 2. The maximum atomic E-state index is 13.5. The molecule has 4 rings (SSSR count). The molecule has 13 heteroatoms. The Hall–Kier alpha value is -5.10.